The highest BCUT2D eigenvalue weighted by Crippen LogP contribution is 2.53. The first-order chi connectivity index (χ1) is 12.4. The van der Waals surface area contributed by atoms with Crippen molar-refractivity contribution in [2.24, 2.45) is 5.92 Å². The minimum atomic E-state index is -0.918. The summed E-state index contributed by atoms with van der Waals surface area (Å²) in [6.45, 7) is 2.13. The molecule has 26 heavy (non-hydrogen) atoms. The van der Waals surface area contributed by atoms with Gasteiger partial charge in [-0.3, -0.25) is 4.21 Å². The number of hydrogen-bond acceptors (Lipinski definition) is 1. The molecule has 0 spiro atoms. The van der Waals surface area contributed by atoms with Crippen molar-refractivity contribution < 1.29 is 8.60 Å². The third-order valence-corrected chi connectivity index (χ3v) is 6.56. The molecule has 2 aromatic carbocycles. The van der Waals surface area contributed by atoms with Crippen LogP contribution in [0.5, 0.6) is 0 Å². The predicted molar refractivity (Wildman–Crippen MR) is 107 cm³/mol. The lowest BCUT2D eigenvalue weighted by Crippen LogP contribution is -2.27. The molecule has 1 heterocycles. The number of benzene rings is 2. The van der Waals surface area contributed by atoms with E-state index < -0.39 is 16.2 Å². The van der Waals surface area contributed by atoms with E-state index in [0.29, 0.717) is 22.3 Å². The van der Waals surface area contributed by atoms with E-state index in [2.05, 4.69) is 18.0 Å². The first-order valence-corrected chi connectivity index (χ1v) is 10.9. The number of nitrogens with one attached hydrogen (secondary N) is 1. The fourth-order valence-electron chi connectivity index (χ4n) is 4.14. The zero-order valence-electron chi connectivity index (χ0n) is 14.8. The van der Waals surface area contributed by atoms with Crippen LogP contribution in [0.2, 0.25) is 5.02 Å². The van der Waals surface area contributed by atoms with Crippen LogP contribution in [0.4, 0.5) is 4.39 Å². The Morgan fingerprint density at radius 1 is 1.27 bits per heavy atom. The number of aromatic nitrogens is 1. The molecule has 136 valence electrons. The molecule has 4 rings (SSSR count). The lowest BCUT2D eigenvalue weighted by Gasteiger charge is -2.31. The first kappa shape index (κ1) is 17.7. The van der Waals surface area contributed by atoms with Gasteiger partial charge in [-0.1, -0.05) is 42.8 Å². The lowest BCUT2D eigenvalue weighted by atomic mass is 9.72. The molecular weight excluding hydrogens is 369 g/mol. The largest absolute Gasteiger partial charge is 0.361 e. The molecule has 1 N–H and O–H groups in total. The number of rotatable bonds is 5. The second kappa shape index (κ2) is 6.50. The SMILES string of the molecule is CS(=O)Cc1cccc2c(C(C)(c3ccc(Cl)cc3F)C3CC3)c[nH]c12. The number of halogens is 2. The predicted octanol–water partition coefficient (Wildman–Crippen LogP) is 5.55. The Morgan fingerprint density at radius 3 is 2.69 bits per heavy atom. The van der Waals surface area contributed by atoms with E-state index in [4.69, 9.17) is 11.6 Å². The molecule has 0 radical (unpaired) electrons. The zero-order chi connectivity index (χ0) is 18.5. The van der Waals surface area contributed by atoms with Gasteiger partial charge in [-0.25, -0.2) is 4.39 Å². The minimum absolute atomic E-state index is 0.257. The van der Waals surface area contributed by atoms with Gasteiger partial charge in [0.2, 0.25) is 0 Å². The van der Waals surface area contributed by atoms with Gasteiger partial charge in [0, 0.05) is 44.6 Å². The fraction of sp³-hybridized carbons (Fsp3) is 0.333. The van der Waals surface area contributed by atoms with Gasteiger partial charge in [-0.05, 0) is 47.6 Å². The van der Waals surface area contributed by atoms with Gasteiger partial charge < -0.3 is 4.98 Å². The number of hydrogen-bond donors (Lipinski definition) is 1. The van der Waals surface area contributed by atoms with Crippen LogP contribution < -0.4 is 0 Å². The Bertz CT molecular complexity index is 1010. The van der Waals surface area contributed by atoms with Crippen molar-refractivity contribution in [3.8, 4) is 0 Å². The van der Waals surface area contributed by atoms with Crippen molar-refractivity contribution in [2.75, 3.05) is 6.26 Å². The monoisotopic (exact) mass is 389 g/mol. The number of H-pyrrole nitrogens is 1. The second-order valence-electron chi connectivity index (χ2n) is 7.36. The number of aromatic amines is 1. The van der Waals surface area contributed by atoms with E-state index in [0.717, 1.165) is 34.9 Å². The molecular formula is C21H21ClFNOS. The molecule has 1 fully saturated rings. The normalized spacial score (nSPS) is 18.0. The van der Waals surface area contributed by atoms with E-state index in [9.17, 15) is 8.60 Å². The molecule has 0 bridgehead atoms. The van der Waals surface area contributed by atoms with Crippen LogP contribution in [0.25, 0.3) is 10.9 Å². The smallest absolute Gasteiger partial charge is 0.128 e. The lowest BCUT2D eigenvalue weighted by molar-refractivity contribution is 0.465. The molecule has 1 aliphatic rings. The maximum Gasteiger partial charge on any atom is 0.128 e. The van der Waals surface area contributed by atoms with E-state index in [1.807, 2.05) is 24.4 Å². The highest BCUT2D eigenvalue weighted by atomic mass is 35.5. The highest BCUT2D eigenvalue weighted by molar-refractivity contribution is 7.83. The molecule has 2 nitrogen and oxygen atoms in total. The van der Waals surface area contributed by atoms with E-state index >= 15 is 0 Å². The zero-order valence-corrected chi connectivity index (χ0v) is 16.4. The number of fused-ring (bicyclic) bond motifs is 1. The third-order valence-electron chi connectivity index (χ3n) is 5.60. The maximum absolute atomic E-state index is 14.8. The van der Waals surface area contributed by atoms with Gasteiger partial charge >= 0.3 is 0 Å². The van der Waals surface area contributed by atoms with Crippen LogP contribution in [-0.4, -0.2) is 15.4 Å². The summed E-state index contributed by atoms with van der Waals surface area (Å²) < 4.78 is 26.6. The Morgan fingerprint density at radius 2 is 2.04 bits per heavy atom. The summed E-state index contributed by atoms with van der Waals surface area (Å²) >= 11 is 5.98. The Hall–Kier alpha value is -1.65. The second-order valence-corrected chi connectivity index (χ2v) is 9.23. The highest BCUT2D eigenvalue weighted by Gasteiger charge is 2.46. The molecule has 2 atom stereocenters. The van der Waals surface area contributed by atoms with Crippen LogP contribution >= 0.6 is 11.6 Å². The first-order valence-electron chi connectivity index (χ1n) is 8.76. The van der Waals surface area contributed by atoms with Crippen LogP contribution in [0.3, 0.4) is 0 Å². The minimum Gasteiger partial charge on any atom is -0.361 e. The molecule has 0 saturated heterocycles. The van der Waals surface area contributed by atoms with Crippen molar-refractivity contribution in [1.29, 1.82) is 0 Å². The molecule has 0 amide bonds. The van der Waals surface area contributed by atoms with Gasteiger partial charge in [0.05, 0.1) is 5.75 Å². The van der Waals surface area contributed by atoms with Crippen molar-refractivity contribution >= 4 is 33.3 Å². The molecule has 1 aromatic heterocycles. The van der Waals surface area contributed by atoms with Gasteiger partial charge in [0.15, 0.2) is 0 Å². The number of para-hydroxylation sites is 1. The van der Waals surface area contributed by atoms with E-state index in [1.165, 1.54) is 6.07 Å². The Labute approximate surface area is 160 Å². The summed E-state index contributed by atoms with van der Waals surface area (Å²) in [7, 11) is -0.918. The van der Waals surface area contributed by atoms with Crippen molar-refractivity contribution in [1.82, 2.24) is 4.98 Å². The maximum atomic E-state index is 14.8. The fourth-order valence-corrected chi connectivity index (χ4v) is 4.98. The molecule has 0 aliphatic heterocycles. The third kappa shape index (κ3) is 2.89. The molecule has 1 aliphatic carbocycles. The van der Waals surface area contributed by atoms with Gasteiger partial charge in [-0.15, -0.1) is 0 Å². The summed E-state index contributed by atoms with van der Waals surface area (Å²) in [5.41, 5.74) is 3.40. The van der Waals surface area contributed by atoms with Crippen LogP contribution in [0.15, 0.2) is 42.6 Å². The summed E-state index contributed by atoms with van der Waals surface area (Å²) in [5.74, 6) is 0.653. The van der Waals surface area contributed by atoms with Gasteiger partial charge in [-0.2, -0.15) is 0 Å². The molecule has 5 heteroatoms. The van der Waals surface area contributed by atoms with Crippen LogP contribution in [0.1, 0.15) is 36.5 Å². The van der Waals surface area contributed by atoms with Crippen molar-refractivity contribution in [2.45, 2.75) is 30.9 Å². The molecule has 3 aromatic rings. The Kier molecular flexibility index (Phi) is 4.44. The average molecular weight is 390 g/mol. The van der Waals surface area contributed by atoms with Crippen molar-refractivity contribution in [3.05, 3.63) is 70.1 Å². The standard InChI is InChI=1S/C21H21ClFNOS/c1-21(14-6-7-14,17-9-8-15(22)10-19(17)23)18-11-24-20-13(12-26(2)25)4-3-5-16(18)20/h3-5,8-11,14,24H,6-7,12H2,1-2H3. The summed E-state index contributed by atoms with van der Waals surface area (Å²) in [5, 5.41) is 1.49. The Balaban J connectivity index is 1.92. The summed E-state index contributed by atoms with van der Waals surface area (Å²) in [6, 6.07) is 11.0. The van der Waals surface area contributed by atoms with Gasteiger partial charge in [0.1, 0.15) is 5.82 Å². The molecule has 1 saturated carbocycles. The van der Waals surface area contributed by atoms with Crippen molar-refractivity contribution in [3.63, 3.8) is 0 Å². The average Bonchev–Trinajstić information content (AvgIpc) is 3.34. The van der Waals surface area contributed by atoms with E-state index in [-0.39, 0.29) is 5.82 Å². The molecule has 2 unspecified atom stereocenters. The van der Waals surface area contributed by atoms with Crippen LogP contribution in [-0.2, 0) is 22.0 Å². The summed E-state index contributed by atoms with van der Waals surface area (Å²) in [6.07, 6.45) is 5.88. The quantitative estimate of drug-likeness (QED) is 0.609. The van der Waals surface area contributed by atoms with E-state index in [1.54, 1.807) is 12.3 Å². The van der Waals surface area contributed by atoms with Gasteiger partial charge in [0.25, 0.3) is 0 Å². The summed E-state index contributed by atoms with van der Waals surface area (Å²) in [4.78, 5) is 3.37. The van der Waals surface area contributed by atoms with Crippen LogP contribution in [0, 0.1) is 11.7 Å². The topological polar surface area (TPSA) is 32.9 Å².